The molecule has 39 heavy (non-hydrogen) atoms. The number of hydrogen-bond acceptors (Lipinski definition) is 7. The minimum atomic E-state index is -1.74. The lowest BCUT2D eigenvalue weighted by Crippen LogP contribution is -2.55. The molecule has 0 amide bonds. The molecule has 4 aromatic rings. The molecular formula is C27H29F2N5O2S3. The SMILES string of the molecule is CCc1cc(F)cc2c1c(N1CCN(c3ccc(F)cn3)CC13CC3)nn2S(=O)c1ccc(S(=O)C(C)C)s1. The third kappa shape index (κ3) is 4.70. The number of aryl methyl sites for hydroxylation is 1. The van der Waals surface area contributed by atoms with E-state index in [0.717, 1.165) is 29.6 Å². The molecular weight excluding hydrogens is 561 g/mol. The summed E-state index contributed by atoms with van der Waals surface area (Å²) in [6, 6.07) is 9.54. The van der Waals surface area contributed by atoms with Crippen LogP contribution in [0.1, 0.15) is 39.2 Å². The summed E-state index contributed by atoms with van der Waals surface area (Å²) >= 11 is 1.24. The highest BCUT2D eigenvalue weighted by molar-refractivity contribution is 7.89. The van der Waals surface area contributed by atoms with E-state index < -0.39 is 27.6 Å². The lowest BCUT2D eigenvalue weighted by atomic mass is 10.0. The fourth-order valence-electron chi connectivity index (χ4n) is 5.29. The Labute approximate surface area is 234 Å². The maximum atomic E-state index is 14.8. The predicted octanol–water partition coefficient (Wildman–Crippen LogP) is 5.28. The van der Waals surface area contributed by atoms with E-state index in [1.165, 1.54) is 39.8 Å². The molecule has 0 radical (unpaired) electrons. The van der Waals surface area contributed by atoms with Crippen molar-refractivity contribution < 1.29 is 17.2 Å². The van der Waals surface area contributed by atoms with Crippen LogP contribution in [0, 0.1) is 11.6 Å². The van der Waals surface area contributed by atoms with Crippen molar-refractivity contribution in [1.29, 1.82) is 0 Å². The van der Waals surface area contributed by atoms with Crippen LogP contribution >= 0.6 is 11.3 Å². The number of pyridine rings is 1. The largest absolute Gasteiger partial charge is 0.352 e. The molecule has 1 aliphatic carbocycles. The highest BCUT2D eigenvalue weighted by Gasteiger charge is 2.53. The molecule has 2 aliphatic rings. The molecule has 1 aromatic carbocycles. The zero-order valence-corrected chi connectivity index (χ0v) is 24.3. The van der Waals surface area contributed by atoms with Crippen molar-refractivity contribution in [2.45, 2.75) is 59.2 Å². The molecule has 7 nitrogen and oxygen atoms in total. The standard InChI is InChI=1S/C27H29F2N5O2S3/c1-4-18-13-20(29)14-21-25(18)26(31-34(21)39(36)24-8-7-23(37-24)38(35)17(2)3)33-12-11-32(16-27(33)9-10-27)22-6-5-19(28)15-30-22/h5-8,13-15,17H,4,9-12,16H2,1-3H3. The van der Waals surface area contributed by atoms with Crippen molar-refractivity contribution >= 4 is 55.7 Å². The van der Waals surface area contributed by atoms with E-state index in [1.54, 1.807) is 18.2 Å². The average Bonchev–Trinajstić information content (AvgIpc) is 3.34. The molecule has 6 rings (SSSR count). The molecule has 1 saturated heterocycles. The first-order valence-electron chi connectivity index (χ1n) is 13.0. The Kier molecular flexibility index (Phi) is 6.83. The summed E-state index contributed by atoms with van der Waals surface area (Å²) in [6.07, 6.45) is 3.75. The highest BCUT2D eigenvalue weighted by Crippen LogP contribution is 2.49. The van der Waals surface area contributed by atoms with Crippen LogP contribution in [0.15, 0.2) is 51.0 Å². The van der Waals surface area contributed by atoms with E-state index in [4.69, 9.17) is 5.10 Å². The van der Waals surface area contributed by atoms with Gasteiger partial charge < -0.3 is 9.80 Å². The number of nitrogens with zero attached hydrogens (tertiary/aromatic N) is 5. The maximum absolute atomic E-state index is 14.8. The fourth-order valence-corrected chi connectivity index (χ4v) is 9.36. The molecule has 1 aliphatic heterocycles. The Morgan fingerprint density at radius 3 is 2.49 bits per heavy atom. The minimum absolute atomic E-state index is 0.0539. The number of fused-ring (bicyclic) bond motifs is 1. The number of hydrogen-bond donors (Lipinski definition) is 0. The van der Waals surface area contributed by atoms with Crippen molar-refractivity contribution in [3.05, 3.63) is 59.8 Å². The quantitative estimate of drug-likeness (QED) is 0.292. The monoisotopic (exact) mass is 589 g/mol. The van der Waals surface area contributed by atoms with Crippen LogP contribution in [0.5, 0.6) is 0 Å². The zero-order valence-electron chi connectivity index (χ0n) is 21.9. The van der Waals surface area contributed by atoms with Crippen LogP contribution in [0.4, 0.5) is 20.4 Å². The number of aromatic nitrogens is 3. The summed E-state index contributed by atoms with van der Waals surface area (Å²) in [5, 5.41) is 5.66. The molecule has 206 valence electrons. The number of piperazine rings is 1. The van der Waals surface area contributed by atoms with Gasteiger partial charge in [0.15, 0.2) is 16.8 Å². The number of thiophene rings is 1. The van der Waals surface area contributed by atoms with E-state index in [9.17, 15) is 17.2 Å². The van der Waals surface area contributed by atoms with Gasteiger partial charge in [-0.1, -0.05) is 20.8 Å². The van der Waals surface area contributed by atoms with Crippen molar-refractivity contribution in [3.63, 3.8) is 0 Å². The Morgan fingerprint density at radius 2 is 1.82 bits per heavy atom. The van der Waals surface area contributed by atoms with E-state index in [-0.39, 0.29) is 16.6 Å². The van der Waals surface area contributed by atoms with Gasteiger partial charge in [-0.2, -0.15) is 4.09 Å². The zero-order chi connectivity index (χ0) is 27.5. The molecule has 0 bridgehead atoms. The van der Waals surface area contributed by atoms with Crippen molar-refractivity contribution in [2.75, 3.05) is 29.4 Å². The summed E-state index contributed by atoms with van der Waals surface area (Å²) in [7, 11) is -2.92. The molecule has 12 heteroatoms. The Hall–Kier alpha value is -2.70. The van der Waals surface area contributed by atoms with Crippen LogP contribution < -0.4 is 9.80 Å². The third-order valence-electron chi connectivity index (χ3n) is 7.44. The Bertz CT molecular complexity index is 1600. The van der Waals surface area contributed by atoms with Crippen LogP contribution in [-0.2, 0) is 28.2 Å². The number of halogens is 2. The summed E-state index contributed by atoms with van der Waals surface area (Å²) in [5.41, 5.74) is 1.12. The lowest BCUT2D eigenvalue weighted by Gasteiger charge is -2.43. The van der Waals surface area contributed by atoms with Gasteiger partial charge in [-0.25, -0.2) is 18.0 Å². The van der Waals surface area contributed by atoms with Gasteiger partial charge in [-0.15, -0.1) is 16.4 Å². The van der Waals surface area contributed by atoms with Crippen molar-refractivity contribution in [2.24, 2.45) is 0 Å². The second kappa shape index (κ2) is 10.0. The molecule has 2 unspecified atom stereocenters. The molecule has 3 aromatic heterocycles. The first-order chi connectivity index (χ1) is 18.7. The maximum Gasteiger partial charge on any atom is 0.184 e. The highest BCUT2D eigenvalue weighted by atomic mass is 32.2. The fraction of sp³-hybridized carbons (Fsp3) is 0.407. The molecule has 1 spiro atoms. The summed E-state index contributed by atoms with van der Waals surface area (Å²) in [6.45, 7) is 7.76. The van der Waals surface area contributed by atoms with Crippen molar-refractivity contribution in [1.82, 2.24) is 14.2 Å². The van der Waals surface area contributed by atoms with E-state index in [0.29, 0.717) is 45.8 Å². The predicted molar refractivity (Wildman–Crippen MR) is 152 cm³/mol. The van der Waals surface area contributed by atoms with Gasteiger partial charge in [-0.3, -0.25) is 4.21 Å². The van der Waals surface area contributed by atoms with Crippen LogP contribution in [-0.4, -0.2) is 53.0 Å². The van der Waals surface area contributed by atoms with E-state index in [2.05, 4.69) is 14.8 Å². The van der Waals surface area contributed by atoms with Crippen molar-refractivity contribution in [3.8, 4) is 0 Å². The topological polar surface area (TPSA) is 71.3 Å². The van der Waals surface area contributed by atoms with Gasteiger partial charge in [0, 0.05) is 36.3 Å². The van der Waals surface area contributed by atoms with Gasteiger partial charge >= 0.3 is 0 Å². The molecule has 2 fully saturated rings. The molecule has 1 saturated carbocycles. The molecule has 2 atom stereocenters. The van der Waals surface area contributed by atoms with Gasteiger partial charge in [0.05, 0.1) is 32.3 Å². The summed E-state index contributed by atoms with van der Waals surface area (Å²) < 4.78 is 57.3. The van der Waals surface area contributed by atoms with Crippen LogP contribution in [0.3, 0.4) is 0 Å². The average molecular weight is 590 g/mol. The first-order valence-corrected chi connectivity index (χ1v) is 16.1. The second-order valence-corrected chi connectivity index (χ2v) is 15.2. The van der Waals surface area contributed by atoms with Gasteiger partial charge in [0.25, 0.3) is 0 Å². The van der Waals surface area contributed by atoms with Crippen LogP contribution in [0.2, 0.25) is 0 Å². The number of anilines is 2. The normalized spacial score (nSPS) is 18.3. The van der Waals surface area contributed by atoms with E-state index in [1.807, 2.05) is 20.8 Å². The Morgan fingerprint density at radius 1 is 1.05 bits per heavy atom. The summed E-state index contributed by atoms with van der Waals surface area (Å²) in [4.78, 5) is 8.73. The second-order valence-electron chi connectivity index (χ2n) is 10.3. The van der Waals surface area contributed by atoms with Gasteiger partial charge in [-0.05, 0) is 55.2 Å². The first kappa shape index (κ1) is 26.5. The van der Waals surface area contributed by atoms with E-state index >= 15 is 0 Å². The molecule has 4 heterocycles. The smallest absolute Gasteiger partial charge is 0.184 e. The summed E-state index contributed by atoms with van der Waals surface area (Å²) in [5.74, 6) is 0.686. The third-order valence-corrected chi connectivity index (χ3v) is 12.0. The van der Waals surface area contributed by atoms with Crippen LogP contribution in [0.25, 0.3) is 10.9 Å². The van der Waals surface area contributed by atoms with Gasteiger partial charge in [0.2, 0.25) is 0 Å². The lowest BCUT2D eigenvalue weighted by molar-refractivity contribution is 0.501. The number of rotatable bonds is 7. The minimum Gasteiger partial charge on any atom is -0.352 e. The Balaban J connectivity index is 1.41. The van der Waals surface area contributed by atoms with Gasteiger partial charge in [0.1, 0.15) is 21.7 Å². The molecule has 0 N–H and O–H groups in total. The number of benzene rings is 1.